The van der Waals surface area contributed by atoms with Crippen LogP contribution in [0.25, 0.3) is 0 Å². The molecule has 0 bridgehead atoms. The lowest BCUT2D eigenvalue weighted by Gasteiger charge is -2.08. The zero-order chi connectivity index (χ0) is 14.5. The quantitative estimate of drug-likeness (QED) is 0.900. The summed E-state index contributed by atoms with van der Waals surface area (Å²) in [5.74, 6) is -0.827. The van der Waals surface area contributed by atoms with E-state index >= 15 is 0 Å². The number of methoxy groups -OCH3 is 1. The van der Waals surface area contributed by atoms with Crippen LogP contribution < -0.4 is 15.4 Å². The van der Waals surface area contributed by atoms with E-state index in [0.717, 1.165) is 5.69 Å². The highest BCUT2D eigenvalue weighted by Crippen LogP contribution is 2.21. The highest BCUT2D eigenvalue weighted by molar-refractivity contribution is 6.03. The Morgan fingerprint density at radius 1 is 1.25 bits per heavy atom. The van der Waals surface area contributed by atoms with Crippen molar-refractivity contribution >= 4 is 17.3 Å². The maximum atomic E-state index is 13.5. The molecule has 1 amide bonds. The van der Waals surface area contributed by atoms with E-state index in [9.17, 15) is 9.18 Å². The molecule has 0 saturated heterocycles. The molecule has 2 aromatic rings. The number of pyridine rings is 1. The van der Waals surface area contributed by atoms with Crippen LogP contribution in [-0.2, 0) is 0 Å². The number of carbonyl (C=O) groups is 1. The third-order valence-electron chi connectivity index (χ3n) is 2.69. The molecule has 0 aliphatic rings. The summed E-state index contributed by atoms with van der Waals surface area (Å²) < 4.78 is 18.3. The summed E-state index contributed by atoms with van der Waals surface area (Å²) in [6, 6.07) is 7.54. The monoisotopic (exact) mass is 275 g/mol. The average Bonchev–Trinajstić information content (AvgIpc) is 2.47. The third-order valence-corrected chi connectivity index (χ3v) is 2.69. The summed E-state index contributed by atoms with van der Waals surface area (Å²) in [7, 11) is 3.12. The molecule has 6 heteroatoms. The van der Waals surface area contributed by atoms with Crippen molar-refractivity contribution in [3.05, 3.63) is 48.0 Å². The fraction of sp³-hybridized carbons (Fsp3) is 0.143. The summed E-state index contributed by atoms with van der Waals surface area (Å²) in [5, 5.41) is 5.49. The van der Waals surface area contributed by atoms with Crippen molar-refractivity contribution in [2.45, 2.75) is 0 Å². The van der Waals surface area contributed by atoms with Crippen molar-refractivity contribution < 1.29 is 13.9 Å². The van der Waals surface area contributed by atoms with Gasteiger partial charge in [0.1, 0.15) is 5.69 Å². The van der Waals surface area contributed by atoms with Gasteiger partial charge >= 0.3 is 0 Å². The molecule has 0 unspecified atom stereocenters. The van der Waals surface area contributed by atoms with Gasteiger partial charge in [-0.15, -0.1) is 0 Å². The molecule has 0 aliphatic carbocycles. The number of rotatable bonds is 4. The lowest BCUT2D eigenvalue weighted by Crippen LogP contribution is -2.14. The van der Waals surface area contributed by atoms with Crippen LogP contribution in [0, 0.1) is 5.82 Å². The number of benzene rings is 1. The van der Waals surface area contributed by atoms with Crippen molar-refractivity contribution in [1.29, 1.82) is 0 Å². The fourth-order valence-corrected chi connectivity index (χ4v) is 1.65. The maximum Gasteiger partial charge on any atom is 0.274 e. The van der Waals surface area contributed by atoms with Gasteiger partial charge in [-0.25, -0.2) is 4.39 Å². The highest BCUT2D eigenvalue weighted by Gasteiger charge is 2.10. The highest BCUT2D eigenvalue weighted by atomic mass is 19.1. The predicted molar refractivity (Wildman–Crippen MR) is 74.7 cm³/mol. The Hall–Kier alpha value is -2.63. The molecule has 0 fully saturated rings. The minimum Gasteiger partial charge on any atom is -0.494 e. The van der Waals surface area contributed by atoms with Gasteiger partial charge < -0.3 is 15.4 Å². The SMILES string of the molecule is CNc1ccnc(C(=O)Nc2ccc(OC)c(F)c2)c1. The second-order valence-electron chi connectivity index (χ2n) is 3.98. The van der Waals surface area contributed by atoms with Gasteiger partial charge in [0.25, 0.3) is 5.91 Å². The van der Waals surface area contributed by atoms with Crippen LogP contribution in [0.3, 0.4) is 0 Å². The molecular weight excluding hydrogens is 261 g/mol. The molecule has 2 rings (SSSR count). The van der Waals surface area contributed by atoms with Gasteiger partial charge in [0, 0.05) is 30.7 Å². The van der Waals surface area contributed by atoms with Gasteiger partial charge in [-0.1, -0.05) is 0 Å². The molecule has 0 radical (unpaired) electrons. The van der Waals surface area contributed by atoms with E-state index in [1.807, 2.05) is 0 Å². The Kier molecular flexibility index (Phi) is 4.14. The molecule has 5 nitrogen and oxygen atoms in total. The van der Waals surface area contributed by atoms with E-state index in [2.05, 4.69) is 15.6 Å². The summed E-state index contributed by atoms with van der Waals surface area (Å²) in [6.45, 7) is 0. The van der Waals surface area contributed by atoms with Gasteiger partial charge in [-0.3, -0.25) is 9.78 Å². The van der Waals surface area contributed by atoms with Crippen LogP contribution in [0.1, 0.15) is 10.5 Å². The number of carbonyl (C=O) groups excluding carboxylic acids is 1. The number of hydrogen-bond donors (Lipinski definition) is 2. The molecule has 2 N–H and O–H groups in total. The molecule has 0 spiro atoms. The fourth-order valence-electron chi connectivity index (χ4n) is 1.65. The second kappa shape index (κ2) is 6.01. The number of anilines is 2. The van der Waals surface area contributed by atoms with Crippen molar-refractivity contribution in [3.8, 4) is 5.75 Å². The van der Waals surface area contributed by atoms with Gasteiger partial charge in [0.05, 0.1) is 7.11 Å². The molecule has 1 heterocycles. The largest absolute Gasteiger partial charge is 0.494 e. The topological polar surface area (TPSA) is 63.2 Å². The van der Waals surface area contributed by atoms with E-state index in [0.29, 0.717) is 5.69 Å². The van der Waals surface area contributed by atoms with Crippen molar-refractivity contribution in [3.63, 3.8) is 0 Å². The standard InChI is InChI=1S/C14H14FN3O2/c1-16-9-5-6-17-12(8-9)14(19)18-10-3-4-13(20-2)11(15)7-10/h3-8H,1-2H3,(H,16,17)(H,18,19). The molecule has 1 aromatic heterocycles. The van der Waals surface area contributed by atoms with Crippen LogP contribution in [0.15, 0.2) is 36.5 Å². The lowest BCUT2D eigenvalue weighted by molar-refractivity contribution is 0.102. The first kappa shape index (κ1) is 13.8. The minimum absolute atomic E-state index is 0.123. The van der Waals surface area contributed by atoms with E-state index in [-0.39, 0.29) is 11.4 Å². The molecule has 0 atom stereocenters. The van der Waals surface area contributed by atoms with E-state index in [1.165, 1.54) is 25.4 Å². The minimum atomic E-state index is -0.540. The molecule has 0 aliphatic heterocycles. The first-order chi connectivity index (χ1) is 9.63. The van der Waals surface area contributed by atoms with E-state index < -0.39 is 11.7 Å². The Morgan fingerprint density at radius 2 is 2.05 bits per heavy atom. The number of amides is 1. The zero-order valence-corrected chi connectivity index (χ0v) is 11.1. The number of hydrogen-bond acceptors (Lipinski definition) is 4. The second-order valence-corrected chi connectivity index (χ2v) is 3.98. The lowest BCUT2D eigenvalue weighted by atomic mass is 10.2. The summed E-state index contributed by atoms with van der Waals surface area (Å²) >= 11 is 0. The molecule has 1 aromatic carbocycles. The van der Waals surface area contributed by atoms with Crippen molar-refractivity contribution in [2.75, 3.05) is 24.8 Å². The van der Waals surface area contributed by atoms with Gasteiger partial charge in [-0.05, 0) is 24.3 Å². The average molecular weight is 275 g/mol. The number of nitrogens with one attached hydrogen (secondary N) is 2. The Bertz CT molecular complexity index is 632. The molecule has 0 saturated carbocycles. The number of halogens is 1. The first-order valence-corrected chi connectivity index (χ1v) is 5.92. The molecular formula is C14H14FN3O2. The van der Waals surface area contributed by atoms with Crippen LogP contribution in [0.5, 0.6) is 5.75 Å². The van der Waals surface area contributed by atoms with E-state index in [4.69, 9.17) is 4.74 Å². The normalized spacial score (nSPS) is 9.95. The van der Waals surface area contributed by atoms with Gasteiger partial charge in [0.15, 0.2) is 11.6 Å². The predicted octanol–water partition coefficient (Wildman–Crippen LogP) is 2.52. The molecule has 104 valence electrons. The zero-order valence-electron chi connectivity index (χ0n) is 11.1. The van der Waals surface area contributed by atoms with Crippen LogP contribution in [-0.4, -0.2) is 25.0 Å². The summed E-state index contributed by atoms with van der Waals surface area (Å²) in [4.78, 5) is 16.0. The van der Waals surface area contributed by atoms with Crippen molar-refractivity contribution in [1.82, 2.24) is 4.98 Å². The van der Waals surface area contributed by atoms with Gasteiger partial charge in [-0.2, -0.15) is 0 Å². The Balaban J connectivity index is 2.16. The van der Waals surface area contributed by atoms with E-state index in [1.54, 1.807) is 25.2 Å². The number of aromatic nitrogens is 1. The third kappa shape index (κ3) is 3.03. The Morgan fingerprint density at radius 3 is 2.70 bits per heavy atom. The maximum absolute atomic E-state index is 13.5. The van der Waals surface area contributed by atoms with Crippen LogP contribution in [0.4, 0.5) is 15.8 Å². The van der Waals surface area contributed by atoms with Crippen LogP contribution >= 0.6 is 0 Å². The Labute approximate surface area is 115 Å². The van der Waals surface area contributed by atoms with Crippen molar-refractivity contribution in [2.24, 2.45) is 0 Å². The number of ether oxygens (including phenoxy) is 1. The summed E-state index contributed by atoms with van der Waals surface area (Å²) in [5.41, 5.74) is 1.35. The molecule has 20 heavy (non-hydrogen) atoms. The first-order valence-electron chi connectivity index (χ1n) is 5.92. The van der Waals surface area contributed by atoms with Gasteiger partial charge in [0.2, 0.25) is 0 Å². The van der Waals surface area contributed by atoms with Crippen LogP contribution in [0.2, 0.25) is 0 Å². The number of nitrogens with zero attached hydrogens (tertiary/aromatic N) is 1. The smallest absolute Gasteiger partial charge is 0.274 e. The summed E-state index contributed by atoms with van der Waals surface area (Å²) in [6.07, 6.45) is 1.52.